The SMILES string of the molecule is COc1cccc(NC(=O)[C@@H](C#N)C(=O)CCc2ccco2)c1. The van der Waals surface area contributed by atoms with E-state index in [9.17, 15) is 9.59 Å². The van der Waals surface area contributed by atoms with Gasteiger partial charge in [-0.15, -0.1) is 0 Å². The summed E-state index contributed by atoms with van der Waals surface area (Å²) < 4.78 is 10.2. The van der Waals surface area contributed by atoms with Gasteiger partial charge in [0.2, 0.25) is 5.91 Å². The molecular formula is C17H16N2O4. The minimum Gasteiger partial charge on any atom is -0.497 e. The first kappa shape index (κ1) is 16.3. The standard InChI is InChI=1S/C17H16N2O4/c1-22-14-5-2-4-12(10-14)19-17(21)15(11-18)16(20)8-7-13-6-3-9-23-13/h2-6,9-10,15H,7-8H2,1H3,(H,19,21)/t15-/m0/s1. The number of Topliss-reactive ketones (excluding diaryl/α,β-unsaturated/α-hetero) is 1. The molecule has 0 fully saturated rings. The lowest BCUT2D eigenvalue weighted by molar-refractivity contribution is -0.128. The predicted molar refractivity (Wildman–Crippen MR) is 82.8 cm³/mol. The van der Waals surface area contributed by atoms with E-state index >= 15 is 0 Å². The fraction of sp³-hybridized carbons (Fsp3) is 0.235. The summed E-state index contributed by atoms with van der Waals surface area (Å²) in [7, 11) is 1.51. The fourth-order valence-electron chi connectivity index (χ4n) is 2.04. The number of nitriles is 1. The van der Waals surface area contributed by atoms with E-state index in [1.807, 2.05) is 0 Å². The minimum atomic E-state index is -1.35. The Balaban J connectivity index is 1.97. The highest BCUT2D eigenvalue weighted by atomic mass is 16.5. The number of nitrogens with one attached hydrogen (secondary N) is 1. The molecule has 0 bridgehead atoms. The molecule has 23 heavy (non-hydrogen) atoms. The van der Waals surface area contributed by atoms with Gasteiger partial charge < -0.3 is 14.5 Å². The average Bonchev–Trinajstić information content (AvgIpc) is 3.07. The van der Waals surface area contributed by atoms with E-state index in [1.54, 1.807) is 42.5 Å². The summed E-state index contributed by atoms with van der Waals surface area (Å²) in [6.07, 6.45) is 1.94. The number of rotatable bonds is 7. The topological polar surface area (TPSA) is 92.3 Å². The largest absolute Gasteiger partial charge is 0.497 e. The van der Waals surface area contributed by atoms with Crippen LogP contribution in [0.15, 0.2) is 47.1 Å². The number of carbonyl (C=O) groups is 2. The normalized spacial score (nSPS) is 11.3. The number of benzene rings is 1. The van der Waals surface area contributed by atoms with Gasteiger partial charge in [-0.1, -0.05) is 6.07 Å². The third-order valence-electron chi connectivity index (χ3n) is 3.25. The summed E-state index contributed by atoms with van der Waals surface area (Å²) in [4.78, 5) is 24.2. The third kappa shape index (κ3) is 4.45. The number of hydrogen-bond acceptors (Lipinski definition) is 5. The molecule has 6 heteroatoms. The fourth-order valence-corrected chi connectivity index (χ4v) is 2.04. The van der Waals surface area contributed by atoms with Crippen LogP contribution in [0.5, 0.6) is 5.75 Å². The predicted octanol–water partition coefficient (Wildman–Crippen LogP) is 2.57. The van der Waals surface area contributed by atoms with Crippen LogP contribution in [-0.4, -0.2) is 18.8 Å². The van der Waals surface area contributed by atoms with E-state index in [1.165, 1.54) is 13.4 Å². The number of nitrogens with zero attached hydrogens (tertiary/aromatic N) is 1. The van der Waals surface area contributed by atoms with Crippen LogP contribution in [0, 0.1) is 17.2 Å². The molecule has 118 valence electrons. The van der Waals surface area contributed by atoms with Crippen molar-refractivity contribution in [2.75, 3.05) is 12.4 Å². The second kappa shape index (κ2) is 7.80. The molecule has 1 N–H and O–H groups in total. The third-order valence-corrected chi connectivity index (χ3v) is 3.25. The molecule has 1 heterocycles. The second-order valence-electron chi connectivity index (χ2n) is 4.83. The van der Waals surface area contributed by atoms with Gasteiger partial charge in [0.15, 0.2) is 11.7 Å². The van der Waals surface area contributed by atoms with Crippen LogP contribution in [0.3, 0.4) is 0 Å². The van der Waals surface area contributed by atoms with Crippen LogP contribution in [0.2, 0.25) is 0 Å². The molecule has 0 aliphatic heterocycles. The first-order chi connectivity index (χ1) is 11.1. The number of furan rings is 1. The van der Waals surface area contributed by atoms with Gasteiger partial charge in [-0.2, -0.15) is 5.26 Å². The highest BCUT2D eigenvalue weighted by Crippen LogP contribution is 2.18. The van der Waals surface area contributed by atoms with Crippen LogP contribution in [0.4, 0.5) is 5.69 Å². The highest BCUT2D eigenvalue weighted by Gasteiger charge is 2.26. The van der Waals surface area contributed by atoms with Crippen LogP contribution in [0.1, 0.15) is 12.2 Å². The molecule has 0 saturated carbocycles. The van der Waals surface area contributed by atoms with Crippen molar-refractivity contribution in [2.24, 2.45) is 5.92 Å². The van der Waals surface area contributed by atoms with Gasteiger partial charge in [0.05, 0.1) is 19.4 Å². The van der Waals surface area contributed by atoms with Crippen LogP contribution in [-0.2, 0) is 16.0 Å². The average molecular weight is 312 g/mol. The molecule has 1 atom stereocenters. The molecule has 2 aromatic rings. The summed E-state index contributed by atoms with van der Waals surface area (Å²) in [5.41, 5.74) is 0.466. The van der Waals surface area contributed by atoms with E-state index in [-0.39, 0.29) is 6.42 Å². The molecule has 0 saturated heterocycles. The molecule has 1 amide bonds. The van der Waals surface area contributed by atoms with Crippen molar-refractivity contribution in [1.82, 2.24) is 0 Å². The molecule has 6 nitrogen and oxygen atoms in total. The van der Waals surface area contributed by atoms with Gasteiger partial charge >= 0.3 is 0 Å². The Hall–Kier alpha value is -3.07. The van der Waals surface area contributed by atoms with Gasteiger partial charge in [0.1, 0.15) is 11.5 Å². The van der Waals surface area contributed by atoms with E-state index < -0.39 is 17.6 Å². The van der Waals surface area contributed by atoms with E-state index in [0.717, 1.165) is 0 Å². The van der Waals surface area contributed by atoms with Gasteiger partial charge in [-0.3, -0.25) is 9.59 Å². The quantitative estimate of drug-likeness (QED) is 0.793. The van der Waals surface area contributed by atoms with E-state index in [2.05, 4.69) is 5.32 Å². The molecule has 0 aliphatic carbocycles. The molecule has 0 unspecified atom stereocenters. The lowest BCUT2D eigenvalue weighted by atomic mass is 10.00. The first-order valence-electron chi connectivity index (χ1n) is 7.03. The van der Waals surface area contributed by atoms with Gasteiger partial charge in [0, 0.05) is 24.6 Å². The van der Waals surface area contributed by atoms with Crippen molar-refractivity contribution in [3.05, 3.63) is 48.4 Å². The zero-order valence-electron chi connectivity index (χ0n) is 12.6. The Labute approximate surface area is 133 Å². The molecule has 1 aromatic carbocycles. The summed E-state index contributed by atoms with van der Waals surface area (Å²) in [5, 5.41) is 11.7. The molecule has 0 aliphatic rings. The summed E-state index contributed by atoms with van der Waals surface area (Å²) >= 11 is 0. The van der Waals surface area contributed by atoms with Crippen LogP contribution in [0.25, 0.3) is 0 Å². The highest BCUT2D eigenvalue weighted by molar-refractivity contribution is 6.09. The Morgan fingerprint density at radius 3 is 2.83 bits per heavy atom. The zero-order valence-corrected chi connectivity index (χ0v) is 12.6. The summed E-state index contributed by atoms with van der Waals surface area (Å²) in [5.74, 6) is -1.23. The summed E-state index contributed by atoms with van der Waals surface area (Å²) in [6.45, 7) is 0. The lowest BCUT2D eigenvalue weighted by Gasteiger charge is -2.10. The number of aryl methyl sites for hydroxylation is 1. The Morgan fingerprint density at radius 1 is 1.35 bits per heavy atom. The van der Waals surface area contributed by atoms with Gasteiger partial charge in [-0.05, 0) is 24.3 Å². The maximum atomic E-state index is 12.1. The van der Waals surface area contributed by atoms with Crippen LogP contribution < -0.4 is 10.1 Å². The Morgan fingerprint density at radius 2 is 2.17 bits per heavy atom. The van der Waals surface area contributed by atoms with Crippen molar-refractivity contribution in [3.63, 3.8) is 0 Å². The monoisotopic (exact) mass is 312 g/mol. The molecule has 0 radical (unpaired) electrons. The van der Waals surface area contributed by atoms with Gasteiger partial charge in [0.25, 0.3) is 0 Å². The number of ketones is 1. The summed E-state index contributed by atoms with van der Waals surface area (Å²) in [6, 6.07) is 11.9. The number of amides is 1. The Kier molecular flexibility index (Phi) is 5.53. The van der Waals surface area contributed by atoms with Crippen LogP contribution >= 0.6 is 0 Å². The number of carbonyl (C=O) groups excluding carboxylic acids is 2. The Bertz CT molecular complexity index is 716. The van der Waals surface area contributed by atoms with Crippen molar-refractivity contribution in [2.45, 2.75) is 12.8 Å². The number of anilines is 1. The van der Waals surface area contributed by atoms with Gasteiger partial charge in [-0.25, -0.2) is 0 Å². The second-order valence-corrected chi connectivity index (χ2v) is 4.83. The van der Waals surface area contributed by atoms with Crippen molar-refractivity contribution in [3.8, 4) is 11.8 Å². The van der Waals surface area contributed by atoms with Crippen molar-refractivity contribution in [1.29, 1.82) is 5.26 Å². The smallest absolute Gasteiger partial charge is 0.249 e. The lowest BCUT2D eigenvalue weighted by Crippen LogP contribution is -2.28. The maximum Gasteiger partial charge on any atom is 0.249 e. The molecule has 0 spiro atoms. The molecule has 1 aromatic heterocycles. The number of ether oxygens (including phenoxy) is 1. The number of hydrogen-bond donors (Lipinski definition) is 1. The maximum absolute atomic E-state index is 12.1. The molecular weight excluding hydrogens is 296 g/mol. The zero-order chi connectivity index (χ0) is 16.7. The first-order valence-corrected chi connectivity index (χ1v) is 7.03. The van der Waals surface area contributed by atoms with Crippen molar-refractivity contribution >= 4 is 17.4 Å². The number of methoxy groups -OCH3 is 1. The van der Waals surface area contributed by atoms with E-state index in [0.29, 0.717) is 23.6 Å². The molecule has 2 rings (SSSR count). The van der Waals surface area contributed by atoms with Crippen molar-refractivity contribution < 1.29 is 18.7 Å². The van der Waals surface area contributed by atoms with E-state index in [4.69, 9.17) is 14.4 Å². The minimum absolute atomic E-state index is 0.0667.